The molecule has 0 aliphatic rings. The Morgan fingerprint density at radius 2 is 1.94 bits per heavy atom. The molecule has 0 heterocycles. The zero-order valence-electron chi connectivity index (χ0n) is 11.2. The van der Waals surface area contributed by atoms with Crippen LogP contribution in [0, 0.1) is 5.82 Å². The molecule has 0 fully saturated rings. The number of ether oxygens (including phenoxy) is 2. The molecule has 102 valence electrons. The highest BCUT2D eigenvalue weighted by atomic mass is 19.1. The summed E-state index contributed by atoms with van der Waals surface area (Å²) < 4.78 is 24.2. The predicted molar refractivity (Wildman–Crippen MR) is 69.9 cm³/mol. The second-order valence-corrected chi connectivity index (χ2v) is 4.12. The van der Waals surface area contributed by atoms with Crippen molar-refractivity contribution < 1.29 is 13.9 Å². The zero-order valence-corrected chi connectivity index (χ0v) is 11.2. The SMILES string of the molecule is CCCOCCOCc1cc(CNC)ccc1F. The van der Waals surface area contributed by atoms with Gasteiger partial charge in [-0.3, -0.25) is 0 Å². The van der Waals surface area contributed by atoms with Crippen molar-refractivity contribution in [3.8, 4) is 0 Å². The van der Waals surface area contributed by atoms with Crippen molar-refractivity contribution in [2.24, 2.45) is 0 Å². The lowest BCUT2D eigenvalue weighted by Crippen LogP contribution is -2.08. The molecule has 1 aromatic carbocycles. The zero-order chi connectivity index (χ0) is 13.2. The first-order valence-electron chi connectivity index (χ1n) is 6.35. The van der Waals surface area contributed by atoms with Gasteiger partial charge in [0.25, 0.3) is 0 Å². The number of nitrogens with one attached hydrogen (secondary N) is 1. The highest BCUT2D eigenvalue weighted by Gasteiger charge is 2.03. The Bertz CT molecular complexity index is 345. The maximum absolute atomic E-state index is 13.5. The molecule has 0 saturated carbocycles. The van der Waals surface area contributed by atoms with Crippen LogP contribution in [0.25, 0.3) is 0 Å². The van der Waals surface area contributed by atoms with Crippen molar-refractivity contribution in [3.63, 3.8) is 0 Å². The van der Waals surface area contributed by atoms with E-state index in [-0.39, 0.29) is 5.82 Å². The average molecular weight is 255 g/mol. The molecule has 0 aromatic heterocycles. The van der Waals surface area contributed by atoms with Gasteiger partial charge in [-0.05, 0) is 31.2 Å². The molecular weight excluding hydrogens is 233 g/mol. The van der Waals surface area contributed by atoms with E-state index in [1.807, 2.05) is 13.1 Å². The van der Waals surface area contributed by atoms with Crippen LogP contribution in [0.3, 0.4) is 0 Å². The Morgan fingerprint density at radius 3 is 2.67 bits per heavy atom. The van der Waals surface area contributed by atoms with Crippen LogP contribution in [-0.4, -0.2) is 26.9 Å². The Labute approximate surface area is 108 Å². The number of benzene rings is 1. The fourth-order valence-corrected chi connectivity index (χ4v) is 1.60. The molecule has 0 aliphatic heterocycles. The van der Waals surface area contributed by atoms with Crippen molar-refractivity contribution in [3.05, 3.63) is 35.1 Å². The van der Waals surface area contributed by atoms with Gasteiger partial charge < -0.3 is 14.8 Å². The molecular formula is C14H22FNO2. The number of rotatable bonds is 9. The Morgan fingerprint density at radius 1 is 1.17 bits per heavy atom. The third-order valence-electron chi connectivity index (χ3n) is 2.47. The summed E-state index contributed by atoms with van der Waals surface area (Å²) in [5.41, 5.74) is 1.65. The van der Waals surface area contributed by atoms with Gasteiger partial charge in [0.2, 0.25) is 0 Å². The molecule has 0 bridgehead atoms. The van der Waals surface area contributed by atoms with Crippen LogP contribution < -0.4 is 5.32 Å². The topological polar surface area (TPSA) is 30.5 Å². The standard InChI is InChI=1S/C14H22FNO2/c1-3-6-17-7-8-18-11-13-9-12(10-16-2)4-5-14(13)15/h4-5,9,16H,3,6-8,10-11H2,1-2H3. The average Bonchev–Trinajstić information content (AvgIpc) is 2.37. The van der Waals surface area contributed by atoms with Gasteiger partial charge in [-0.25, -0.2) is 4.39 Å². The first-order valence-corrected chi connectivity index (χ1v) is 6.35. The van der Waals surface area contributed by atoms with Crippen molar-refractivity contribution in [1.82, 2.24) is 5.32 Å². The largest absolute Gasteiger partial charge is 0.379 e. The van der Waals surface area contributed by atoms with Gasteiger partial charge >= 0.3 is 0 Å². The fraction of sp³-hybridized carbons (Fsp3) is 0.571. The normalized spacial score (nSPS) is 10.8. The second kappa shape index (κ2) is 9.03. The molecule has 0 saturated heterocycles. The van der Waals surface area contributed by atoms with E-state index in [1.54, 1.807) is 6.07 Å². The molecule has 1 aromatic rings. The highest BCUT2D eigenvalue weighted by molar-refractivity contribution is 5.24. The molecule has 1 rings (SSSR count). The summed E-state index contributed by atoms with van der Waals surface area (Å²) in [6, 6.07) is 5.09. The minimum atomic E-state index is -0.218. The van der Waals surface area contributed by atoms with E-state index in [9.17, 15) is 4.39 Å². The molecule has 0 unspecified atom stereocenters. The summed E-state index contributed by atoms with van der Waals surface area (Å²) in [4.78, 5) is 0. The lowest BCUT2D eigenvalue weighted by atomic mass is 10.1. The Hall–Kier alpha value is -0.970. The van der Waals surface area contributed by atoms with Gasteiger partial charge in [-0.15, -0.1) is 0 Å². The third-order valence-corrected chi connectivity index (χ3v) is 2.47. The van der Waals surface area contributed by atoms with Crippen molar-refractivity contribution in [2.75, 3.05) is 26.9 Å². The number of hydrogen-bond donors (Lipinski definition) is 1. The fourth-order valence-electron chi connectivity index (χ4n) is 1.60. The van der Waals surface area contributed by atoms with Crippen LogP contribution >= 0.6 is 0 Å². The van der Waals surface area contributed by atoms with E-state index in [1.165, 1.54) is 6.07 Å². The van der Waals surface area contributed by atoms with Gasteiger partial charge in [0.15, 0.2) is 0 Å². The molecule has 0 atom stereocenters. The molecule has 0 radical (unpaired) electrons. The van der Waals surface area contributed by atoms with Crippen LogP contribution in [0.2, 0.25) is 0 Å². The smallest absolute Gasteiger partial charge is 0.128 e. The maximum Gasteiger partial charge on any atom is 0.128 e. The monoisotopic (exact) mass is 255 g/mol. The minimum absolute atomic E-state index is 0.218. The van der Waals surface area contributed by atoms with E-state index in [0.29, 0.717) is 25.4 Å². The van der Waals surface area contributed by atoms with Crippen LogP contribution in [0.1, 0.15) is 24.5 Å². The molecule has 3 nitrogen and oxygen atoms in total. The van der Waals surface area contributed by atoms with Crippen LogP contribution in [0.4, 0.5) is 4.39 Å². The molecule has 1 N–H and O–H groups in total. The van der Waals surface area contributed by atoms with E-state index >= 15 is 0 Å². The van der Waals surface area contributed by atoms with E-state index < -0.39 is 0 Å². The van der Waals surface area contributed by atoms with E-state index in [2.05, 4.69) is 12.2 Å². The summed E-state index contributed by atoms with van der Waals surface area (Å²) in [6.45, 7) is 4.88. The van der Waals surface area contributed by atoms with Crippen molar-refractivity contribution in [2.45, 2.75) is 26.5 Å². The van der Waals surface area contributed by atoms with Gasteiger partial charge in [0.05, 0.1) is 19.8 Å². The third kappa shape index (κ3) is 5.58. The molecule has 0 spiro atoms. The molecule has 0 aliphatic carbocycles. The first-order chi connectivity index (χ1) is 8.77. The molecule has 0 amide bonds. The van der Waals surface area contributed by atoms with Gasteiger partial charge in [0, 0.05) is 18.7 Å². The van der Waals surface area contributed by atoms with E-state index in [0.717, 1.165) is 25.1 Å². The summed E-state index contributed by atoms with van der Waals surface area (Å²) in [5.74, 6) is -0.218. The Balaban J connectivity index is 2.34. The van der Waals surface area contributed by atoms with E-state index in [4.69, 9.17) is 9.47 Å². The van der Waals surface area contributed by atoms with Gasteiger partial charge in [-0.2, -0.15) is 0 Å². The predicted octanol–water partition coefficient (Wildman–Crippen LogP) is 2.49. The quantitative estimate of drug-likeness (QED) is 0.688. The minimum Gasteiger partial charge on any atom is -0.379 e. The molecule has 18 heavy (non-hydrogen) atoms. The highest BCUT2D eigenvalue weighted by Crippen LogP contribution is 2.11. The summed E-state index contributed by atoms with van der Waals surface area (Å²) in [7, 11) is 1.87. The van der Waals surface area contributed by atoms with Crippen molar-refractivity contribution >= 4 is 0 Å². The van der Waals surface area contributed by atoms with Gasteiger partial charge in [-0.1, -0.05) is 13.0 Å². The molecule has 4 heteroatoms. The lowest BCUT2D eigenvalue weighted by Gasteiger charge is -2.08. The van der Waals surface area contributed by atoms with Crippen LogP contribution in [0.5, 0.6) is 0 Å². The maximum atomic E-state index is 13.5. The number of halogens is 1. The van der Waals surface area contributed by atoms with Crippen molar-refractivity contribution in [1.29, 1.82) is 0 Å². The summed E-state index contributed by atoms with van der Waals surface area (Å²) in [5, 5.41) is 3.04. The number of hydrogen-bond acceptors (Lipinski definition) is 3. The summed E-state index contributed by atoms with van der Waals surface area (Å²) >= 11 is 0. The van der Waals surface area contributed by atoms with Crippen LogP contribution in [0.15, 0.2) is 18.2 Å². The van der Waals surface area contributed by atoms with Crippen LogP contribution in [-0.2, 0) is 22.6 Å². The first kappa shape index (κ1) is 15.1. The Kier molecular flexibility index (Phi) is 7.57. The second-order valence-electron chi connectivity index (χ2n) is 4.12. The summed E-state index contributed by atoms with van der Waals surface area (Å²) in [6.07, 6.45) is 1.00. The lowest BCUT2D eigenvalue weighted by molar-refractivity contribution is 0.0399. The van der Waals surface area contributed by atoms with Gasteiger partial charge in [0.1, 0.15) is 5.82 Å².